The fourth-order valence-corrected chi connectivity index (χ4v) is 3.69. The van der Waals surface area contributed by atoms with Crippen LogP contribution in [0.4, 0.5) is 0 Å². The SMILES string of the molecule is NC1CCC(c2nc(C3Cc4ccccc4C3)no2)CC1. The quantitative estimate of drug-likeness (QED) is 0.920. The van der Waals surface area contributed by atoms with Crippen molar-refractivity contribution in [2.75, 3.05) is 0 Å². The van der Waals surface area contributed by atoms with E-state index in [4.69, 9.17) is 15.2 Å². The van der Waals surface area contributed by atoms with E-state index in [1.54, 1.807) is 0 Å². The van der Waals surface area contributed by atoms with Crippen molar-refractivity contribution >= 4 is 0 Å². The largest absolute Gasteiger partial charge is 0.339 e. The smallest absolute Gasteiger partial charge is 0.229 e. The summed E-state index contributed by atoms with van der Waals surface area (Å²) in [6.45, 7) is 0. The molecule has 0 aliphatic heterocycles. The average molecular weight is 283 g/mol. The maximum atomic E-state index is 5.96. The molecular formula is C17H21N3O. The number of benzene rings is 1. The van der Waals surface area contributed by atoms with Gasteiger partial charge in [0.2, 0.25) is 5.89 Å². The van der Waals surface area contributed by atoms with Crippen LogP contribution in [0.25, 0.3) is 0 Å². The van der Waals surface area contributed by atoms with E-state index in [9.17, 15) is 0 Å². The van der Waals surface area contributed by atoms with Crippen LogP contribution in [0.2, 0.25) is 0 Å². The van der Waals surface area contributed by atoms with E-state index in [0.717, 1.165) is 50.2 Å². The van der Waals surface area contributed by atoms with Crippen molar-refractivity contribution in [3.8, 4) is 0 Å². The Morgan fingerprint density at radius 3 is 2.29 bits per heavy atom. The van der Waals surface area contributed by atoms with Gasteiger partial charge in [-0.05, 0) is 49.7 Å². The fourth-order valence-electron chi connectivity index (χ4n) is 3.69. The highest BCUT2D eigenvalue weighted by atomic mass is 16.5. The van der Waals surface area contributed by atoms with Crippen molar-refractivity contribution in [2.45, 2.75) is 56.4 Å². The molecule has 1 fully saturated rings. The predicted molar refractivity (Wildman–Crippen MR) is 80.1 cm³/mol. The molecule has 21 heavy (non-hydrogen) atoms. The molecule has 1 heterocycles. The zero-order valence-corrected chi connectivity index (χ0v) is 12.2. The van der Waals surface area contributed by atoms with Crippen LogP contribution in [0.5, 0.6) is 0 Å². The summed E-state index contributed by atoms with van der Waals surface area (Å²) in [7, 11) is 0. The van der Waals surface area contributed by atoms with Gasteiger partial charge in [0.25, 0.3) is 0 Å². The highest BCUT2D eigenvalue weighted by Crippen LogP contribution is 2.35. The standard InChI is InChI=1S/C17H21N3O/c18-15-7-5-11(6-8-15)17-19-16(20-21-17)14-9-12-3-1-2-4-13(12)10-14/h1-4,11,14-15H,5-10,18H2. The van der Waals surface area contributed by atoms with E-state index in [1.807, 2.05) is 0 Å². The van der Waals surface area contributed by atoms with E-state index in [-0.39, 0.29) is 0 Å². The van der Waals surface area contributed by atoms with Gasteiger partial charge in [0, 0.05) is 17.9 Å². The van der Waals surface area contributed by atoms with Crippen LogP contribution in [0, 0.1) is 0 Å². The molecule has 0 unspecified atom stereocenters. The summed E-state index contributed by atoms with van der Waals surface area (Å²) in [6.07, 6.45) is 6.35. The summed E-state index contributed by atoms with van der Waals surface area (Å²) in [5.41, 5.74) is 8.82. The zero-order valence-electron chi connectivity index (χ0n) is 12.2. The van der Waals surface area contributed by atoms with Crippen LogP contribution in [-0.2, 0) is 12.8 Å². The van der Waals surface area contributed by atoms with Gasteiger partial charge in [0.1, 0.15) is 0 Å². The first-order valence-electron chi connectivity index (χ1n) is 7.95. The first-order chi connectivity index (χ1) is 10.3. The third kappa shape index (κ3) is 2.48. The molecule has 4 rings (SSSR count). The minimum absolute atomic E-state index is 0.355. The first-order valence-corrected chi connectivity index (χ1v) is 7.95. The average Bonchev–Trinajstić information content (AvgIpc) is 3.14. The van der Waals surface area contributed by atoms with Gasteiger partial charge >= 0.3 is 0 Å². The van der Waals surface area contributed by atoms with E-state index >= 15 is 0 Å². The molecule has 2 aliphatic rings. The molecule has 1 saturated carbocycles. The fraction of sp³-hybridized carbons (Fsp3) is 0.529. The number of aromatic nitrogens is 2. The van der Waals surface area contributed by atoms with Gasteiger partial charge in [-0.15, -0.1) is 0 Å². The molecule has 4 heteroatoms. The Kier molecular flexibility index (Phi) is 3.26. The van der Waals surface area contributed by atoms with Crippen LogP contribution in [0.15, 0.2) is 28.8 Å². The topological polar surface area (TPSA) is 64.9 Å². The molecule has 0 spiro atoms. The number of rotatable bonds is 2. The van der Waals surface area contributed by atoms with Crippen molar-refractivity contribution in [1.29, 1.82) is 0 Å². The highest BCUT2D eigenvalue weighted by molar-refractivity contribution is 5.34. The molecule has 2 aromatic rings. The van der Waals surface area contributed by atoms with Crippen LogP contribution in [0.1, 0.15) is 60.4 Å². The molecule has 0 bridgehead atoms. The Hall–Kier alpha value is -1.68. The second-order valence-corrected chi connectivity index (χ2v) is 6.48. The first kappa shape index (κ1) is 13.0. The monoisotopic (exact) mass is 283 g/mol. The van der Waals surface area contributed by atoms with Crippen LogP contribution in [0.3, 0.4) is 0 Å². The second-order valence-electron chi connectivity index (χ2n) is 6.48. The Bertz CT molecular complexity index is 603. The Balaban J connectivity index is 1.49. The van der Waals surface area contributed by atoms with Gasteiger partial charge in [-0.2, -0.15) is 4.98 Å². The minimum atomic E-state index is 0.355. The van der Waals surface area contributed by atoms with Crippen LogP contribution >= 0.6 is 0 Å². The van der Waals surface area contributed by atoms with Gasteiger partial charge in [-0.25, -0.2) is 0 Å². The summed E-state index contributed by atoms with van der Waals surface area (Å²) >= 11 is 0. The molecule has 4 nitrogen and oxygen atoms in total. The number of nitrogens with zero attached hydrogens (tertiary/aromatic N) is 2. The maximum Gasteiger partial charge on any atom is 0.229 e. The summed E-state index contributed by atoms with van der Waals surface area (Å²) in [4.78, 5) is 4.71. The summed E-state index contributed by atoms with van der Waals surface area (Å²) < 4.78 is 5.55. The van der Waals surface area contributed by atoms with Crippen molar-refractivity contribution in [2.24, 2.45) is 5.73 Å². The van der Waals surface area contributed by atoms with Gasteiger partial charge in [0.05, 0.1) is 0 Å². The lowest BCUT2D eigenvalue weighted by Gasteiger charge is -2.22. The Labute approximate surface area is 124 Å². The molecule has 0 amide bonds. The molecule has 1 aromatic carbocycles. The molecule has 1 aromatic heterocycles. The van der Waals surface area contributed by atoms with Crippen molar-refractivity contribution in [3.63, 3.8) is 0 Å². The van der Waals surface area contributed by atoms with E-state index in [1.165, 1.54) is 11.1 Å². The lowest BCUT2D eigenvalue weighted by atomic mass is 9.86. The van der Waals surface area contributed by atoms with E-state index in [2.05, 4.69) is 29.4 Å². The molecule has 2 N–H and O–H groups in total. The molecule has 0 atom stereocenters. The van der Waals surface area contributed by atoms with E-state index in [0.29, 0.717) is 17.9 Å². The molecular weight excluding hydrogens is 262 g/mol. The lowest BCUT2D eigenvalue weighted by molar-refractivity contribution is 0.299. The van der Waals surface area contributed by atoms with Crippen molar-refractivity contribution in [1.82, 2.24) is 10.1 Å². The minimum Gasteiger partial charge on any atom is -0.339 e. The molecule has 110 valence electrons. The maximum absolute atomic E-state index is 5.96. The van der Waals surface area contributed by atoms with Gasteiger partial charge in [0.15, 0.2) is 5.82 Å². The lowest BCUT2D eigenvalue weighted by Crippen LogP contribution is -2.25. The van der Waals surface area contributed by atoms with Crippen LogP contribution < -0.4 is 5.73 Å². The zero-order chi connectivity index (χ0) is 14.2. The molecule has 0 radical (unpaired) electrons. The third-order valence-electron chi connectivity index (χ3n) is 4.99. The number of fused-ring (bicyclic) bond motifs is 1. The summed E-state index contributed by atoms with van der Waals surface area (Å²) in [5.74, 6) is 2.50. The normalized spacial score (nSPS) is 26.0. The second kappa shape index (κ2) is 5.26. The molecule has 0 saturated heterocycles. The van der Waals surface area contributed by atoms with Crippen molar-refractivity contribution in [3.05, 3.63) is 47.1 Å². The van der Waals surface area contributed by atoms with E-state index < -0.39 is 0 Å². The van der Waals surface area contributed by atoms with Crippen molar-refractivity contribution < 1.29 is 4.52 Å². The highest BCUT2D eigenvalue weighted by Gasteiger charge is 2.29. The number of nitrogens with two attached hydrogens (primary N) is 1. The third-order valence-corrected chi connectivity index (χ3v) is 4.99. The van der Waals surface area contributed by atoms with Gasteiger partial charge < -0.3 is 10.3 Å². The van der Waals surface area contributed by atoms with Gasteiger partial charge in [-0.1, -0.05) is 29.4 Å². The summed E-state index contributed by atoms with van der Waals surface area (Å²) in [5, 5.41) is 4.26. The number of hydrogen-bond acceptors (Lipinski definition) is 4. The summed E-state index contributed by atoms with van der Waals surface area (Å²) in [6, 6.07) is 8.98. The Morgan fingerprint density at radius 2 is 1.62 bits per heavy atom. The van der Waals surface area contributed by atoms with Gasteiger partial charge in [-0.3, -0.25) is 0 Å². The predicted octanol–water partition coefficient (Wildman–Crippen LogP) is 2.94. The van der Waals surface area contributed by atoms with Crippen LogP contribution in [-0.4, -0.2) is 16.2 Å². The number of hydrogen-bond donors (Lipinski definition) is 1. The Morgan fingerprint density at radius 1 is 0.952 bits per heavy atom. The molecule has 2 aliphatic carbocycles.